The van der Waals surface area contributed by atoms with Gasteiger partial charge in [0.1, 0.15) is 10.0 Å². The first-order valence-electron chi connectivity index (χ1n) is 5.19. The van der Waals surface area contributed by atoms with Crippen LogP contribution >= 0.6 is 23.2 Å². The summed E-state index contributed by atoms with van der Waals surface area (Å²) in [5, 5.41) is 6.68. The van der Waals surface area contributed by atoms with Gasteiger partial charge in [-0.3, -0.25) is 5.10 Å². The third-order valence-electron chi connectivity index (χ3n) is 2.47. The van der Waals surface area contributed by atoms with Crippen LogP contribution in [0.25, 0.3) is 0 Å². The summed E-state index contributed by atoms with van der Waals surface area (Å²) in [5.74, 6) is 0. The topological polar surface area (TPSA) is 87.7 Å². The highest BCUT2D eigenvalue weighted by Gasteiger charge is 2.16. The number of hydrogen-bond acceptors (Lipinski definition) is 4. The van der Waals surface area contributed by atoms with Crippen molar-refractivity contribution in [3.8, 4) is 0 Å². The van der Waals surface area contributed by atoms with Gasteiger partial charge in [-0.25, -0.2) is 18.1 Å². The molecule has 0 radical (unpaired) electrons. The Morgan fingerprint density at radius 3 is 2.68 bits per heavy atom. The first-order chi connectivity index (χ1) is 8.90. The van der Waals surface area contributed by atoms with Crippen LogP contribution < -0.4 is 4.72 Å². The Kier molecular flexibility index (Phi) is 4.10. The number of nitrogens with one attached hydrogen (secondary N) is 2. The Morgan fingerprint density at radius 2 is 2.11 bits per heavy atom. The molecule has 0 spiro atoms. The van der Waals surface area contributed by atoms with Crippen LogP contribution in [-0.4, -0.2) is 23.6 Å². The molecule has 0 aromatic carbocycles. The van der Waals surface area contributed by atoms with Gasteiger partial charge in [0.2, 0.25) is 10.0 Å². The normalized spacial score (nSPS) is 11.7. The summed E-state index contributed by atoms with van der Waals surface area (Å²) in [6, 6.07) is 1.25. The number of halogens is 2. The number of H-pyrrole nitrogens is 1. The van der Waals surface area contributed by atoms with Gasteiger partial charge in [0.05, 0.1) is 11.2 Å². The Morgan fingerprint density at radius 1 is 1.37 bits per heavy atom. The van der Waals surface area contributed by atoms with Crippen LogP contribution in [0.15, 0.2) is 23.4 Å². The van der Waals surface area contributed by atoms with E-state index in [2.05, 4.69) is 19.9 Å². The van der Waals surface area contributed by atoms with Crippen LogP contribution in [0.4, 0.5) is 0 Å². The van der Waals surface area contributed by atoms with Crippen LogP contribution in [0.1, 0.15) is 11.3 Å². The van der Waals surface area contributed by atoms with Crippen molar-refractivity contribution >= 4 is 33.2 Å². The van der Waals surface area contributed by atoms with Crippen molar-refractivity contribution in [1.82, 2.24) is 19.9 Å². The van der Waals surface area contributed by atoms with E-state index in [0.29, 0.717) is 0 Å². The van der Waals surface area contributed by atoms with E-state index < -0.39 is 10.0 Å². The van der Waals surface area contributed by atoms with E-state index >= 15 is 0 Å². The molecule has 102 valence electrons. The monoisotopic (exact) mass is 320 g/mol. The van der Waals surface area contributed by atoms with Gasteiger partial charge in [-0.15, -0.1) is 0 Å². The largest absolute Gasteiger partial charge is 0.283 e. The highest BCUT2D eigenvalue weighted by atomic mass is 35.5. The molecular weight excluding hydrogens is 311 g/mol. The van der Waals surface area contributed by atoms with E-state index in [1.54, 1.807) is 13.1 Å². The lowest BCUT2D eigenvalue weighted by Gasteiger charge is -2.06. The van der Waals surface area contributed by atoms with Crippen LogP contribution in [0.2, 0.25) is 10.2 Å². The van der Waals surface area contributed by atoms with E-state index in [4.69, 9.17) is 23.2 Å². The summed E-state index contributed by atoms with van der Waals surface area (Å²) >= 11 is 11.4. The average molecular weight is 321 g/mol. The van der Waals surface area contributed by atoms with Crippen LogP contribution in [0.5, 0.6) is 0 Å². The number of hydrogen-bond donors (Lipinski definition) is 2. The third kappa shape index (κ3) is 3.24. The molecule has 0 atom stereocenters. The molecule has 2 aromatic rings. The van der Waals surface area contributed by atoms with Gasteiger partial charge in [-0.05, 0) is 13.0 Å². The molecular formula is C10H10Cl2N4O2S. The smallest absolute Gasteiger partial charge is 0.242 e. The minimum Gasteiger partial charge on any atom is -0.283 e. The summed E-state index contributed by atoms with van der Waals surface area (Å²) < 4.78 is 26.5. The molecule has 0 amide bonds. The van der Waals surface area contributed by atoms with Crippen molar-refractivity contribution in [2.24, 2.45) is 0 Å². The summed E-state index contributed by atoms with van der Waals surface area (Å²) in [6.45, 7) is 1.93. The van der Waals surface area contributed by atoms with Gasteiger partial charge < -0.3 is 0 Å². The fourth-order valence-electron chi connectivity index (χ4n) is 1.36. The van der Waals surface area contributed by atoms with Crippen molar-refractivity contribution in [1.29, 1.82) is 0 Å². The molecule has 2 aromatic heterocycles. The minimum absolute atomic E-state index is 0.0388. The predicted molar refractivity (Wildman–Crippen MR) is 71.6 cm³/mol. The van der Waals surface area contributed by atoms with Crippen molar-refractivity contribution < 1.29 is 8.42 Å². The van der Waals surface area contributed by atoms with E-state index in [1.807, 2.05) is 0 Å². The predicted octanol–water partition coefficient (Wildman–Crippen LogP) is 1.90. The van der Waals surface area contributed by atoms with Gasteiger partial charge in [0.15, 0.2) is 0 Å². The van der Waals surface area contributed by atoms with Crippen molar-refractivity contribution in [2.45, 2.75) is 18.4 Å². The summed E-state index contributed by atoms with van der Waals surface area (Å²) in [7, 11) is -3.69. The Hall–Kier alpha value is -1.15. The second-order valence-electron chi connectivity index (χ2n) is 3.79. The number of rotatable bonds is 4. The van der Waals surface area contributed by atoms with Crippen molar-refractivity contribution in [3.05, 3.63) is 39.9 Å². The second kappa shape index (κ2) is 5.46. The molecule has 19 heavy (non-hydrogen) atoms. The number of sulfonamides is 1. The molecule has 2 N–H and O–H groups in total. The maximum absolute atomic E-state index is 12.0. The molecule has 2 rings (SSSR count). The molecule has 2 heterocycles. The maximum Gasteiger partial charge on any atom is 0.242 e. The zero-order valence-electron chi connectivity index (χ0n) is 9.81. The van der Waals surface area contributed by atoms with E-state index in [-0.39, 0.29) is 21.6 Å². The molecule has 0 unspecified atom stereocenters. The minimum atomic E-state index is -3.69. The zero-order valence-corrected chi connectivity index (χ0v) is 12.1. The van der Waals surface area contributed by atoms with Gasteiger partial charge in [0.25, 0.3) is 0 Å². The average Bonchev–Trinajstić information content (AvgIpc) is 2.76. The standard InChI is InChI=1S/C10H10Cl2N4O2S/c1-6-7(3-14-16-6)4-15-19(17,18)8-2-9(11)10(12)13-5-8/h2-3,5,15H,4H2,1H3,(H,14,16). The number of aromatic amines is 1. The lowest BCUT2D eigenvalue weighted by Crippen LogP contribution is -2.23. The number of aryl methyl sites for hydroxylation is 1. The lowest BCUT2D eigenvalue weighted by atomic mass is 10.3. The highest BCUT2D eigenvalue weighted by Crippen LogP contribution is 2.22. The molecule has 0 saturated carbocycles. The van der Waals surface area contributed by atoms with Gasteiger partial charge in [-0.1, -0.05) is 23.2 Å². The van der Waals surface area contributed by atoms with Crippen molar-refractivity contribution in [2.75, 3.05) is 0 Å². The molecule has 0 bridgehead atoms. The fraction of sp³-hybridized carbons (Fsp3) is 0.200. The molecule has 0 aliphatic carbocycles. The number of pyridine rings is 1. The summed E-state index contributed by atoms with van der Waals surface area (Å²) in [4.78, 5) is 3.66. The zero-order chi connectivity index (χ0) is 14.0. The summed E-state index contributed by atoms with van der Waals surface area (Å²) in [5.41, 5.74) is 1.56. The Labute approximate surface area is 120 Å². The highest BCUT2D eigenvalue weighted by molar-refractivity contribution is 7.89. The number of aromatic nitrogens is 3. The quantitative estimate of drug-likeness (QED) is 0.842. The van der Waals surface area contributed by atoms with Gasteiger partial charge in [0, 0.05) is 24.0 Å². The third-order valence-corrected chi connectivity index (χ3v) is 4.52. The maximum atomic E-state index is 12.0. The molecule has 0 fully saturated rings. The Bertz CT molecular complexity index is 699. The second-order valence-corrected chi connectivity index (χ2v) is 6.32. The van der Waals surface area contributed by atoms with E-state index in [9.17, 15) is 8.42 Å². The van der Waals surface area contributed by atoms with Crippen LogP contribution in [0, 0.1) is 6.92 Å². The lowest BCUT2D eigenvalue weighted by molar-refractivity contribution is 0.581. The van der Waals surface area contributed by atoms with E-state index in [1.165, 1.54) is 6.07 Å². The molecule has 0 aliphatic heterocycles. The molecule has 6 nitrogen and oxygen atoms in total. The summed E-state index contributed by atoms with van der Waals surface area (Å²) in [6.07, 6.45) is 2.71. The molecule has 9 heteroatoms. The van der Waals surface area contributed by atoms with Gasteiger partial charge >= 0.3 is 0 Å². The van der Waals surface area contributed by atoms with E-state index in [0.717, 1.165) is 17.5 Å². The first kappa shape index (κ1) is 14.3. The molecule has 0 saturated heterocycles. The van der Waals surface area contributed by atoms with Crippen LogP contribution in [-0.2, 0) is 16.6 Å². The Balaban J connectivity index is 2.18. The number of nitrogens with zero attached hydrogens (tertiary/aromatic N) is 2. The fourth-order valence-corrected chi connectivity index (χ4v) is 2.67. The van der Waals surface area contributed by atoms with Crippen LogP contribution in [0.3, 0.4) is 0 Å². The first-order valence-corrected chi connectivity index (χ1v) is 7.43. The molecule has 0 aliphatic rings. The van der Waals surface area contributed by atoms with Crippen molar-refractivity contribution in [3.63, 3.8) is 0 Å². The SMILES string of the molecule is Cc1[nH]ncc1CNS(=O)(=O)c1cnc(Cl)c(Cl)c1. The van der Waals surface area contributed by atoms with Gasteiger partial charge in [-0.2, -0.15) is 5.10 Å².